The molecule has 1 fully saturated rings. The van der Waals surface area contributed by atoms with Gasteiger partial charge in [-0.1, -0.05) is 19.0 Å². The average Bonchev–Trinajstić information content (AvgIpc) is 3.20. The van der Waals surface area contributed by atoms with Crippen molar-refractivity contribution in [3.63, 3.8) is 0 Å². The van der Waals surface area contributed by atoms with Crippen molar-refractivity contribution in [1.82, 2.24) is 20.4 Å². The molecule has 7 heteroatoms. The van der Waals surface area contributed by atoms with Gasteiger partial charge < -0.3 is 9.26 Å². The monoisotopic (exact) mass is 322 g/mol. The number of ether oxygens (including phenoxy) is 1. The van der Waals surface area contributed by atoms with Crippen molar-refractivity contribution < 1.29 is 9.26 Å². The van der Waals surface area contributed by atoms with Gasteiger partial charge in [-0.2, -0.15) is 4.98 Å². The van der Waals surface area contributed by atoms with E-state index < -0.39 is 0 Å². The third kappa shape index (κ3) is 3.71. The van der Waals surface area contributed by atoms with Crippen molar-refractivity contribution in [3.05, 3.63) is 28.3 Å². The van der Waals surface area contributed by atoms with E-state index in [0.717, 1.165) is 37.6 Å². The molecule has 0 radical (unpaired) electrons. The Morgan fingerprint density at radius 1 is 1.36 bits per heavy atom. The molecule has 3 rings (SSSR count). The molecule has 22 heavy (non-hydrogen) atoms. The zero-order chi connectivity index (χ0) is 15.4. The predicted octanol–water partition coefficient (Wildman–Crippen LogP) is 2.91. The SMILES string of the molecule is CC(C)c1noc([C@H](NCc2cscn2)C2CCOCC2)n1. The van der Waals surface area contributed by atoms with Gasteiger partial charge in [0.25, 0.3) is 0 Å². The van der Waals surface area contributed by atoms with Gasteiger partial charge in [0.15, 0.2) is 5.82 Å². The minimum atomic E-state index is 0.0607. The molecule has 120 valence electrons. The van der Waals surface area contributed by atoms with Crippen molar-refractivity contribution in [1.29, 1.82) is 0 Å². The summed E-state index contributed by atoms with van der Waals surface area (Å²) in [5.74, 6) is 2.17. The summed E-state index contributed by atoms with van der Waals surface area (Å²) in [7, 11) is 0. The maximum Gasteiger partial charge on any atom is 0.244 e. The van der Waals surface area contributed by atoms with Crippen LogP contribution in [0.25, 0.3) is 0 Å². The number of aromatic nitrogens is 3. The molecule has 0 aromatic carbocycles. The molecule has 0 unspecified atom stereocenters. The van der Waals surface area contributed by atoms with E-state index in [1.165, 1.54) is 0 Å². The van der Waals surface area contributed by atoms with Gasteiger partial charge in [0.05, 0.1) is 17.2 Å². The quantitative estimate of drug-likeness (QED) is 0.881. The molecule has 0 bridgehead atoms. The molecule has 2 aromatic rings. The van der Waals surface area contributed by atoms with E-state index >= 15 is 0 Å². The van der Waals surface area contributed by atoms with Crippen molar-refractivity contribution in [2.24, 2.45) is 5.92 Å². The van der Waals surface area contributed by atoms with Crippen LogP contribution in [0.3, 0.4) is 0 Å². The minimum absolute atomic E-state index is 0.0607. The second-order valence-electron chi connectivity index (χ2n) is 5.93. The molecule has 0 spiro atoms. The summed E-state index contributed by atoms with van der Waals surface area (Å²) >= 11 is 1.61. The predicted molar refractivity (Wildman–Crippen MR) is 83.6 cm³/mol. The second-order valence-corrected chi connectivity index (χ2v) is 6.65. The molecule has 3 heterocycles. The number of thiazole rings is 1. The van der Waals surface area contributed by atoms with Gasteiger partial charge in [-0.25, -0.2) is 4.98 Å². The Labute approximate surface area is 134 Å². The summed E-state index contributed by atoms with van der Waals surface area (Å²) in [4.78, 5) is 8.91. The number of rotatable bonds is 6. The first-order valence-corrected chi connectivity index (χ1v) is 8.70. The zero-order valence-corrected chi connectivity index (χ0v) is 13.8. The Morgan fingerprint density at radius 3 is 2.82 bits per heavy atom. The molecule has 0 saturated carbocycles. The Balaban J connectivity index is 1.74. The first-order valence-electron chi connectivity index (χ1n) is 7.75. The van der Waals surface area contributed by atoms with E-state index in [4.69, 9.17) is 9.26 Å². The molecule has 1 aliphatic rings. The van der Waals surface area contributed by atoms with E-state index in [1.54, 1.807) is 11.3 Å². The lowest BCUT2D eigenvalue weighted by Gasteiger charge is -2.28. The van der Waals surface area contributed by atoms with Gasteiger partial charge in [0, 0.05) is 31.1 Å². The highest BCUT2D eigenvalue weighted by Crippen LogP contribution is 2.30. The van der Waals surface area contributed by atoms with Crippen LogP contribution in [0.15, 0.2) is 15.4 Å². The molecule has 0 amide bonds. The molecule has 6 nitrogen and oxygen atoms in total. The van der Waals surface area contributed by atoms with Crippen LogP contribution in [0.5, 0.6) is 0 Å². The molecule has 0 aliphatic carbocycles. The molecule has 1 aliphatic heterocycles. The Hall–Kier alpha value is -1.31. The third-order valence-electron chi connectivity index (χ3n) is 3.96. The van der Waals surface area contributed by atoms with E-state index in [1.807, 2.05) is 5.51 Å². The van der Waals surface area contributed by atoms with Crippen LogP contribution in [0, 0.1) is 5.92 Å². The van der Waals surface area contributed by atoms with Crippen LogP contribution in [0.1, 0.15) is 56.1 Å². The minimum Gasteiger partial charge on any atom is -0.381 e. The van der Waals surface area contributed by atoms with Crippen LogP contribution in [-0.4, -0.2) is 28.3 Å². The van der Waals surface area contributed by atoms with Gasteiger partial charge >= 0.3 is 0 Å². The highest BCUT2D eigenvalue weighted by Gasteiger charge is 2.30. The van der Waals surface area contributed by atoms with Gasteiger partial charge in [-0.3, -0.25) is 5.32 Å². The average molecular weight is 322 g/mol. The highest BCUT2D eigenvalue weighted by molar-refractivity contribution is 7.07. The lowest BCUT2D eigenvalue weighted by molar-refractivity contribution is 0.0485. The number of nitrogens with zero attached hydrogens (tertiary/aromatic N) is 3. The smallest absolute Gasteiger partial charge is 0.244 e. The number of nitrogens with one attached hydrogen (secondary N) is 1. The van der Waals surface area contributed by atoms with Crippen molar-refractivity contribution in [2.75, 3.05) is 13.2 Å². The lowest BCUT2D eigenvalue weighted by atomic mass is 9.91. The number of hydrogen-bond acceptors (Lipinski definition) is 7. The molecule has 2 aromatic heterocycles. The van der Waals surface area contributed by atoms with Gasteiger partial charge in [-0.15, -0.1) is 11.3 Å². The lowest BCUT2D eigenvalue weighted by Crippen LogP contribution is -2.32. The fourth-order valence-electron chi connectivity index (χ4n) is 2.65. The van der Waals surface area contributed by atoms with E-state index in [2.05, 4.69) is 39.7 Å². The molecule has 1 N–H and O–H groups in total. The van der Waals surface area contributed by atoms with Crippen molar-refractivity contribution >= 4 is 11.3 Å². The summed E-state index contributed by atoms with van der Waals surface area (Å²) < 4.78 is 11.0. The maximum atomic E-state index is 5.53. The summed E-state index contributed by atoms with van der Waals surface area (Å²) in [5, 5.41) is 9.72. The Kier molecular flexibility index (Phi) is 5.17. The van der Waals surface area contributed by atoms with Crippen LogP contribution in [0.4, 0.5) is 0 Å². The standard InChI is InChI=1S/C15H22N4O2S/c1-10(2)14-18-15(21-19-14)13(11-3-5-20-6-4-11)16-7-12-8-22-9-17-12/h8-11,13,16H,3-7H2,1-2H3/t13-/m1/s1. The van der Waals surface area contributed by atoms with Crippen LogP contribution < -0.4 is 5.32 Å². The highest BCUT2D eigenvalue weighted by atomic mass is 32.1. The number of hydrogen-bond donors (Lipinski definition) is 1. The van der Waals surface area contributed by atoms with Gasteiger partial charge in [0.2, 0.25) is 5.89 Å². The van der Waals surface area contributed by atoms with Crippen molar-refractivity contribution in [3.8, 4) is 0 Å². The second kappa shape index (κ2) is 7.30. The Morgan fingerprint density at radius 2 is 2.18 bits per heavy atom. The summed E-state index contributed by atoms with van der Waals surface area (Å²) in [5.41, 5.74) is 2.90. The Bertz CT molecular complexity index is 564. The maximum absolute atomic E-state index is 5.53. The van der Waals surface area contributed by atoms with E-state index in [0.29, 0.717) is 18.4 Å². The van der Waals surface area contributed by atoms with Crippen LogP contribution in [-0.2, 0) is 11.3 Å². The first kappa shape index (κ1) is 15.6. The molecule has 1 saturated heterocycles. The topological polar surface area (TPSA) is 73.1 Å². The molecular weight excluding hydrogens is 300 g/mol. The normalized spacial score (nSPS) is 18.0. The fourth-order valence-corrected chi connectivity index (χ4v) is 3.21. The van der Waals surface area contributed by atoms with Gasteiger partial charge in [0.1, 0.15) is 0 Å². The van der Waals surface area contributed by atoms with Crippen molar-refractivity contribution in [2.45, 2.75) is 45.2 Å². The summed E-state index contributed by atoms with van der Waals surface area (Å²) in [6.45, 7) is 6.45. The van der Waals surface area contributed by atoms with Crippen LogP contribution in [0.2, 0.25) is 0 Å². The fraction of sp³-hybridized carbons (Fsp3) is 0.667. The summed E-state index contributed by atoms with van der Waals surface area (Å²) in [6.07, 6.45) is 2.02. The molecular formula is C15H22N4O2S. The molecule has 1 atom stereocenters. The first-order chi connectivity index (χ1) is 10.7. The van der Waals surface area contributed by atoms with E-state index in [-0.39, 0.29) is 12.0 Å². The summed E-state index contributed by atoms with van der Waals surface area (Å²) in [6, 6.07) is 0.0607. The zero-order valence-electron chi connectivity index (χ0n) is 13.0. The van der Waals surface area contributed by atoms with E-state index in [9.17, 15) is 0 Å². The largest absolute Gasteiger partial charge is 0.381 e. The van der Waals surface area contributed by atoms with Gasteiger partial charge in [-0.05, 0) is 18.8 Å². The third-order valence-corrected chi connectivity index (χ3v) is 4.60. The van der Waals surface area contributed by atoms with Crippen LogP contribution >= 0.6 is 11.3 Å².